The minimum Gasteiger partial charge on any atom is -0.477 e. The Morgan fingerprint density at radius 3 is 2.33 bits per heavy atom. The molecule has 21 heavy (non-hydrogen) atoms. The van der Waals surface area contributed by atoms with Crippen LogP contribution in [-0.2, 0) is 10.0 Å². The number of H-pyrrole nitrogens is 1. The summed E-state index contributed by atoms with van der Waals surface area (Å²) in [5.74, 6) is -0.712. The fourth-order valence-electron chi connectivity index (χ4n) is 2.59. The maximum Gasteiger partial charge on any atom is 0.352 e. The third-order valence-electron chi connectivity index (χ3n) is 3.86. The first-order chi connectivity index (χ1) is 9.66. The van der Waals surface area contributed by atoms with E-state index in [0.717, 1.165) is 12.8 Å². The van der Waals surface area contributed by atoms with E-state index < -0.39 is 16.0 Å². The second-order valence-electron chi connectivity index (χ2n) is 6.00. The number of nitrogens with zero attached hydrogens (tertiary/aromatic N) is 1. The molecule has 0 bridgehead atoms. The number of rotatable bonds is 6. The van der Waals surface area contributed by atoms with Crippen molar-refractivity contribution in [3.63, 3.8) is 0 Å². The summed E-state index contributed by atoms with van der Waals surface area (Å²) in [6.07, 6.45) is 2.12. The lowest BCUT2D eigenvalue weighted by Gasteiger charge is -2.26. The minimum atomic E-state index is -3.69. The van der Waals surface area contributed by atoms with Crippen LogP contribution in [0.4, 0.5) is 0 Å². The van der Waals surface area contributed by atoms with Gasteiger partial charge in [-0.1, -0.05) is 0 Å². The Balaban J connectivity index is 2.49. The van der Waals surface area contributed by atoms with Gasteiger partial charge in [-0.25, -0.2) is 13.2 Å². The largest absolute Gasteiger partial charge is 0.477 e. The zero-order valence-electron chi connectivity index (χ0n) is 12.8. The quantitative estimate of drug-likeness (QED) is 0.841. The van der Waals surface area contributed by atoms with E-state index >= 15 is 0 Å². The SMILES string of the molecule is Cc1[nH]c(C(=O)O)c(C)c1S(=O)(=O)N(CC1CC1)C(C)C. The smallest absolute Gasteiger partial charge is 0.352 e. The zero-order chi connectivity index (χ0) is 15.9. The number of nitrogens with one attached hydrogen (secondary N) is 1. The van der Waals surface area contributed by atoms with Crippen LogP contribution in [-0.4, -0.2) is 41.4 Å². The Morgan fingerprint density at radius 2 is 1.95 bits per heavy atom. The van der Waals surface area contributed by atoms with Crippen molar-refractivity contribution >= 4 is 16.0 Å². The summed E-state index contributed by atoms with van der Waals surface area (Å²) in [5, 5.41) is 9.13. The molecular weight excluding hydrogens is 292 g/mol. The molecule has 0 unspecified atom stereocenters. The first-order valence-corrected chi connectivity index (χ1v) is 8.54. The van der Waals surface area contributed by atoms with Crippen molar-refractivity contribution in [2.75, 3.05) is 6.54 Å². The summed E-state index contributed by atoms with van der Waals surface area (Å²) in [5.41, 5.74) is 0.606. The highest BCUT2D eigenvalue weighted by Crippen LogP contribution is 2.34. The van der Waals surface area contributed by atoms with Gasteiger partial charge in [0.15, 0.2) is 0 Å². The summed E-state index contributed by atoms with van der Waals surface area (Å²) in [4.78, 5) is 13.9. The normalized spacial score (nSPS) is 15.9. The van der Waals surface area contributed by atoms with Gasteiger partial charge in [0, 0.05) is 23.8 Å². The van der Waals surface area contributed by atoms with Gasteiger partial charge in [-0.15, -0.1) is 0 Å². The molecule has 1 saturated carbocycles. The highest BCUT2D eigenvalue weighted by molar-refractivity contribution is 7.89. The summed E-state index contributed by atoms with van der Waals surface area (Å²) in [6, 6.07) is -0.155. The van der Waals surface area contributed by atoms with E-state index in [1.54, 1.807) is 6.92 Å². The van der Waals surface area contributed by atoms with E-state index in [0.29, 0.717) is 18.2 Å². The molecule has 6 nitrogen and oxygen atoms in total. The van der Waals surface area contributed by atoms with Crippen molar-refractivity contribution < 1.29 is 18.3 Å². The fourth-order valence-corrected chi connectivity index (χ4v) is 4.72. The molecule has 1 aromatic rings. The summed E-state index contributed by atoms with van der Waals surface area (Å²) < 4.78 is 27.3. The fraction of sp³-hybridized carbons (Fsp3) is 0.643. The molecule has 118 valence electrons. The second-order valence-corrected chi connectivity index (χ2v) is 7.82. The highest BCUT2D eigenvalue weighted by atomic mass is 32.2. The van der Waals surface area contributed by atoms with Crippen LogP contribution in [0.25, 0.3) is 0 Å². The van der Waals surface area contributed by atoms with Crippen molar-refractivity contribution in [3.8, 4) is 0 Å². The topological polar surface area (TPSA) is 90.5 Å². The lowest BCUT2D eigenvalue weighted by atomic mass is 10.2. The third-order valence-corrected chi connectivity index (χ3v) is 6.18. The number of hydrogen-bond acceptors (Lipinski definition) is 3. The first kappa shape index (κ1) is 16.0. The molecule has 0 atom stereocenters. The third kappa shape index (κ3) is 2.98. The highest BCUT2D eigenvalue weighted by Gasteiger charge is 2.36. The number of carbonyl (C=O) groups is 1. The first-order valence-electron chi connectivity index (χ1n) is 7.10. The van der Waals surface area contributed by atoms with Crippen molar-refractivity contribution in [1.82, 2.24) is 9.29 Å². The number of carboxylic acid groups (broad SMARTS) is 1. The van der Waals surface area contributed by atoms with Crippen LogP contribution in [0, 0.1) is 19.8 Å². The van der Waals surface area contributed by atoms with Crippen LogP contribution < -0.4 is 0 Å². The summed E-state index contributed by atoms with van der Waals surface area (Å²) >= 11 is 0. The monoisotopic (exact) mass is 314 g/mol. The molecule has 0 aromatic carbocycles. The number of aromatic carboxylic acids is 1. The maximum atomic E-state index is 12.9. The molecule has 1 fully saturated rings. The van der Waals surface area contributed by atoms with Gasteiger partial charge >= 0.3 is 5.97 Å². The second kappa shape index (κ2) is 5.46. The van der Waals surface area contributed by atoms with E-state index in [9.17, 15) is 13.2 Å². The van der Waals surface area contributed by atoms with Crippen molar-refractivity contribution in [2.24, 2.45) is 5.92 Å². The Hall–Kier alpha value is -1.34. The van der Waals surface area contributed by atoms with Gasteiger partial charge in [-0.3, -0.25) is 0 Å². The number of sulfonamides is 1. The molecule has 1 aliphatic carbocycles. The maximum absolute atomic E-state index is 12.9. The van der Waals surface area contributed by atoms with Crippen LogP contribution in [0.5, 0.6) is 0 Å². The van der Waals surface area contributed by atoms with Gasteiger partial charge in [0.1, 0.15) is 10.6 Å². The van der Waals surface area contributed by atoms with Crippen molar-refractivity contribution in [3.05, 3.63) is 17.0 Å². The average molecular weight is 314 g/mol. The zero-order valence-corrected chi connectivity index (χ0v) is 13.6. The molecule has 0 amide bonds. The Labute approximate surface area is 125 Å². The summed E-state index contributed by atoms with van der Waals surface area (Å²) in [6.45, 7) is 7.33. The van der Waals surface area contributed by atoms with Gasteiger partial charge in [-0.2, -0.15) is 4.31 Å². The van der Waals surface area contributed by atoms with Gasteiger partial charge in [0.2, 0.25) is 10.0 Å². The molecule has 0 aliphatic heterocycles. The molecule has 7 heteroatoms. The van der Waals surface area contributed by atoms with Crippen LogP contribution in [0.15, 0.2) is 4.90 Å². The van der Waals surface area contributed by atoms with Crippen molar-refractivity contribution in [2.45, 2.75) is 51.5 Å². The molecule has 0 spiro atoms. The Bertz CT molecular complexity index is 657. The minimum absolute atomic E-state index is 0.0544. The number of aromatic nitrogens is 1. The molecule has 1 heterocycles. The van der Waals surface area contributed by atoms with Gasteiger partial charge < -0.3 is 10.1 Å². The lowest BCUT2D eigenvalue weighted by Crippen LogP contribution is -2.38. The molecule has 0 saturated heterocycles. The summed E-state index contributed by atoms with van der Waals surface area (Å²) in [7, 11) is -3.69. The predicted molar refractivity (Wildman–Crippen MR) is 79.0 cm³/mol. The van der Waals surface area contributed by atoms with Crippen LogP contribution in [0.3, 0.4) is 0 Å². The average Bonchev–Trinajstić information content (AvgIpc) is 3.10. The van der Waals surface area contributed by atoms with Crippen LogP contribution >= 0.6 is 0 Å². The van der Waals surface area contributed by atoms with Crippen LogP contribution in [0.2, 0.25) is 0 Å². The number of aromatic amines is 1. The van der Waals surface area contributed by atoms with E-state index in [2.05, 4.69) is 4.98 Å². The van der Waals surface area contributed by atoms with E-state index in [-0.39, 0.29) is 22.2 Å². The molecule has 1 aromatic heterocycles. The van der Waals surface area contributed by atoms with Gasteiger partial charge in [0.05, 0.1) is 0 Å². The molecule has 1 aliphatic rings. The molecule has 0 radical (unpaired) electrons. The van der Waals surface area contributed by atoms with E-state index in [1.165, 1.54) is 11.2 Å². The van der Waals surface area contributed by atoms with E-state index in [1.807, 2.05) is 13.8 Å². The van der Waals surface area contributed by atoms with E-state index in [4.69, 9.17) is 5.11 Å². The molecular formula is C14H22N2O4S. The predicted octanol–water partition coefficient (Wildman–Crippen LogP) is 2.14. The number of aryl methyl sites for hydroxylation is 1. The van der Waals surface area contributed by atoms with Gasteiger partial charge in [-0.05, 0) is 46.5 Å². The Kier molecular flexibility index (Phi) is 4.17. The molecule has 2 N–H and O–H groups in total. The Morgan fingerprint density at radius 1 is 1.38 bits per heavy atom. The van der Waals surface area contributed by atoms with Gasteiger partial charge in [0.25, 0.3) is 0 Å². The van der Waals surface area contributed by atoms with Crippen molar-refractivity contribution in [1.29, 1.82) is 0 Å². The molecule has 2 rings (SSSR count). The van der Waals surface area contributed by atoms with Crippen LogP contribution in [0.1, 0.15) is 48.4 Å². The number of hydrogen-bond donors (Lipinski definition) is 2. The standard InChI is InChI=1S/C14H22N2O4S/c1-8(2)16(7-11-5-6-11)21(19,20)13-9(3)12(14(17)18)15-10(13)4/h8,11,15H,5-7H2,1-4H3,(H,17,18). The lowest BCUT2D eigenvalue weighted by molar-refractivity contribution is 0.0690. The number of carboxylic acids is 1.